The smallest absolute Gasteiger partial charge is 0.317 e. The van der Waals surface area contributed by atoms with E-state index >= 15 is 0 Å². The molecule has 21 heavy (non-hydrogen) atoms. The molecule has 0 unspecified atom stereocenters. The molecule has 110 valence electrons. The van der Waals surface area contributed by atoms with Gasteiger partial charge in [-0.15, -0.1) is 0 Å². The van der Waals surface area contributed by atoms with Gasteiger partial charge in [-0.2, -0.15) is 0 Å². The number of carbonyl (C=O) groups is 1. The molecule has 7 heteroatoms. The summed E-state index contributed by atoms with van der Waals surface area (Å²) in [5.74, 6) is -0.988. The van der Waals surface area contributed by atoms with Gasteiger partial charge in [0.25, 0.3) is 0 Å². The van der Waals surface area contributed by atoms with Crippen molar-refractivity contribution in [1.82, 2.24) is 9.55 Å². The molecule has 1 aromatic carbocycles. The number of aromatic amines is 1. The van der Waals surface area contributed by atoms with Crippen LogP contribution in [0.2, 0.25) is 0 Å². The number of nitrogens with zero attached hydrogens (tertiary/aromatic N) is 1. The normalized spacial score (nSPS) is 20.7. The van der Waals surface area contributed by atoms with Gasteiger partial charge in [-0.25, -0.2) is 0 Å². The van der Waals surface area contributed by atoms with Crippen LogP contribution in [0.5, 0.6) is 0 Å². The minimum absolute atomic E-state index is 0.193. The quantitative estimate of drug-likeness (QED) is 0.802. The van der Waals surface area contributed by atoms with Gasteiger partial charge in [0.15, 0.2) is 0 Å². The molecule has 2 aromatic rings. The van der Waals surface area contributed by atoms with Gasteiger partial charge in [0.1, 0.15) is 0 Å². The van der Waals surface area contributed by atoms with Crippen LogP contribution in [-0.4, -0.2) is 20.6 Å². The zero-order valence-electron chi connectivity index (χ0n) is 11.3. The average Bonchev–Trinajstić information content (AvgIpc) is 2.36. The van der Waals surface area contributed by atoms with E-state index < -0.39 is 22.6 Å². The van der Waals surface area contributed by atoms with Crippen LogP contribution in [0.4, 0.5) is 0 Å². The van der Waals surface area contributed by atoms with Crippen molar-refractivity contribution >= 4 is 32.9 Å². The molecule has 3 rings (SSSR count). The molecule has 0 radical (unpaired) electrons. The van der Waals surface area contributed by atoms with Gasteiger partial charge in [-0.1, -0.05) is 15.9 Å². The number of benzene rings is 1. The van der Waals surface area contributed by atoms with Crippen LogP contribution in [0.1, 0.15) is 25.3 Å². The first-order valence-electron chi connectivity index (χ1n) is 6.51. The number of aliphatic carboxylic acids is 1. The number of rotatable bonds is 2. The summed E-state index contributed by atoms with van der Waals surface area (Å²) in [6.07, 6.45) is 0.966. The van der Waals surface area contributed by atoms with E-state index in [-0.39, 0.29) is 6.42 Å². The number of carboxylic acids is 1. The van der Waals surface area contributed by atoms with E-state index in [2.05, 4.69) is 20.9 Å². The molecule has 0 bridgehead atoms. The molecule has 2 heterocycles. The molecule has 1 aromatic heterocycles. The minimum Gasteiger partial charge on any atom is -0.481 e. The fourth-order valence-electron chi connectivity index (χ4n) is 3.11. The molecule has 0 saturated heterocycles. The largest absolute Gasteiger partial charge is 0.481 e. The maximum absolute atomic E-state index is 12.3. The predicted octanol–water partition coefficient (Wildman–Crippen LogP) is 1.59. The molecular weight excluding hydrogens is 340 g/mol. The molecule has 0 aliphatic carbocycles. The highest BCUT2D eigenvalue weighted by Gasteiger charge is 2.36. The number of halogens is 1. The Bertz CT molecular complexity index is 883. The van der Waals surface area contributed by atoms with Crippen molar-refractivity contribution in [2.24, 2.45) is 0 Å². The second-order valence-corrected chi connectivity index (χ2v) is 6.54. The van der Waals surface area contributed by atoms with Crippen LogP contribution >= 0.6 is 15.9 Å². The Kier molecular flexibility index (Phi) is 3.05. The summed E-state index contributed by atoms with van der Waals surface area (Å²) in [5, 5.41) is 9.13. The molecule has 0 amide bonds. The highest BCUT2D eigenvalue weighted by Crippen LogP contribution is 2.36. The number of carboxylic acid groups (broad SMARTS) is 1. The Morgan fingerprint density at radius 1 is 1.48 bits per heavy atom. The van der Waals surface area contributed by atoms with Crippen LogP contribution in [0.25, 0.3) is 11.0 Å². The monoisotopic (exact) mass is 352 g/mol. The van der Waals surface area contributed by atoms with Crippen LogP contribution in [0, 0.1) is 0 Å². The molecule has 0 fully saturated rings. The third-order valence-corrected chi connectivity index (χ3v) is 4.49. The lowest BCUT2D eigenvalue weighted by Crippen LogP contribution is -2.49. The number of aryl methyl sites for hydroxylation is 1. The van der Waals surface area contributed by atoms with Crippen LogP contribution in [0.3, 0.4) is 0 Å². The molecule has 1 aliphatic rings. The third-order valence-electron chi connectivity index (χ3n) is 4.03. The lowest BCUT2D eigenvalue weighted by molar-refractivity contribution is -0.139. The second kappa shape index (κ2) is 4.56. The van der Waals surface area contributed by atoms with Crippen LogP contribution in [-0.2, 0) is 16.8 Å². The van der Waals surface area contributed by atoms with Crippen molar-refractivity contribution in [3.8, 4) is 0 Å². The molecule has 0 spiro atoms. The second-order valence-electron chi connectivity index (χ2n) is 5.62. The van der Waals surface area contributed by atoms with Gasteiger partial charge >= 0.3 is 17.1 Å². The summed E-state index contributed by atoms with van der Waals surface area (Å²) in [7, 11) is 0. The van der Waals surface area contributed by atoms with E-state index in [1.165, 1.54) is 4.57 Å². The van der Waals surface area contributed by atoms with E-state index in [0.717, 1.165) is 10.0 Å². The molecule has 6 nitrogen and oxygen atoms in total. The number of H-pyrrole nitrogens is 1. The lowest BCUT2D eigenvalue weighted by Gasteiger charge is -2.36. The van der Waals surface area contributed by atoms with Crippen molar-refractivity contribution in [2.45, 2.75) is 31.7 Å². The van der Waals surface area contributed by atoms with Crippen molar-refractivity contribution < 1.29 is 9.90 Å². The summed E-state index contributed by atoms with van der Waals surface area (Å²) < 4.78 is 2.17. The fraction of sp³-hybridized carbons (Fsp3) is 0.357. The summed E-state index contributed by atoms with van der Waals surface area (Å²) in [4.78, 5) is 37.9. The van der Waals surface area contributed by atoms with E-state index in [9.17, 15) is 14.4 Å². The first-order chi connectivity index (χ1) is 9.82. The van der Waals surface area contributed by atoms with E-state index in [0.29, 0.717) is 23.9 Å². The van der Waals surface area contributed by atoms with Crippen molar-refractivity contribution in [3.63, 3.8) is 0 Å². The molecule has 1 aliphatic heterocycles. The highest BCUT2D eigenvalue weighted by molar-refractivity contribution is 9.10. The van der Waals surface area contributed by atoms with Crippen molar-refractivity contribution in [2.75, 3.05) is 0 Å². The number of nitrogens with one attached hydrogen (secondary N) is 1. The predicted molar refractivity (Wildman–Crippen MR) is 80.8 cm³/mol. The standard InChI is InChI=1S/C14H13BrN2O4/c1-14(6-10(18)19)3-2-7-4-8(15)5-9-11(7)17(14)13(21)12(20)16-9/h4-5H,2-3,6H2,1H3,(H,16,20)(H,18,19)/t14-/m0/s1. The third kappa shape index (κ3) is 2.12. The number of hydrogen-bond acceptors (Lipinski definition) is 3. The first-order valence-corrected chi connectivity index (χ1v) is 7.31. The Hall–Kier alpha value is -1.89. The maximum atomic E-state index is 12.3. The first kappa shape index (κ1) is 14.1. The topological polar surface area (TPSA) is 92.2 Å². The fourth-order valence-corrected chi connectivity index (χ4v) is 3.61. The summed E-state index contributed by atoms with van der Waals surface area (Å²) in [6, 6.07) is 3.62. The molecular formula is C14H13BrN2O4. The van der Waals surface area contributed by atoms with Gasteiger partial charge in [-0.05, 0) is 37.5 Å². The molecule has 1 atom stereocenters. The Balaban J connectivity index is 2.46. The SMILES string of the molecule is C[C@@]1(CC(=O)O)CCc2cc(Br)cc3[nH]c(=O)c(=O)n1c23. The molecule has 2 N–H and O–H groups in total. The Morgan fingerprint density at radius 3 is 2.86 bits per heavy atom. The number of aromatic nitrogens is 2. The van der Waals surface area contributed by atoms with E-state index in [1.54, 1.807) is 13.0 Å². The van der Waals surface area contributed by atoms with Gasteiger partial charge in [0.2, 0.25) is 0 Å². The Morgan fingerprint density at radius 2 is 2.19 bits per heavy atom. The van der Waals surface area contributed by atoms with Gasteiger partial charge in [0.05, 0.1) is 23.0 Å². The van der Waals surface area contributed by atoms with E-state index in [1.807, 2.05) is 6.07 Å². The summed E-state index contributed by atoms with van der Waals surface area (Å²) in [5.41, 5.74) is -0.232. The van der Waals surface area contributed by atoms with E-state index in [4.69, 9.17) is 5.11 Å². The summed E-state index contributed by atoms with van der Waals surface area (Å²) >= 11 is 3.38. The summed E-state index contributed by atoms with van der Waals surface area (Å²) in [6.45, 7) is 1.71. The van der Waals surface area contributed by atoms with Crippen molar-refractivity contribution in [1.29, 1.82) is 0 Å². The highest BCUT2D eigenvalue weighted by atomic mass is 79.9. The van der Waals surface area contributed by atoms with Gasteiger partial charge in [-0.3, -0.25) is 19.0 Å². The lowest BCUT2D eigenvalue weighted by atomic mass is 9.85. The van der Waals surface area contributed by atoms with Crippen LogP contribution in [0.15, 0.2) is 26.2 Å². The van der Waals surface area contributed by atoms with Crippen LogP contribution < -0.4 is 11.1 Å². The Labute approximate surface area is 127 Å². The van der Waals surface area contributed by atoms with Gasteiger partial charge < -0.3 is 10.1 Å². The zero-order valence-corrected chi connectivity index (χ0v) is 12.9. The van der Waals surface area contributed by atoms with Crippen molar-refractivity contribution in [3.05, 3.63) is 42.9 Å². The number of hydrogen-bond donors (Lipinski definition) is 2. The van der Waals surface area contributed by atoms with Gasteiger partial charge in [0, 0.05) is 4.47 Å². The zero-order chi connectivity index (χ0) is 15.4. The minimum atomic E-state index is -0.988. The maximum Gasteiger partial charge on any atom is 0.317 e. The molecule has 0 saturated carbocycles. The average molecular weight is 353 g/mol.